The summed E-state index contributed by atoms with van der Waals surface area (Å²) in [6.45, 7) is 5.62. The lowest BCUT2D eigenvalue weighted by Crippen LogP contribution is -2.50. The van der Waals surface area contributed by atoms with Crippen LogP contribution in [0.1, 0.15) is 25.8 Å². The normalized spacial score (nSPS) is 24.2. The fourth-order valence-corrected chi connectivity index (χ4v) is 2.74. The van der Waals surface area contributed by atoms with Gasteiger partial charge in [-0.1, -0.05) is 6.07 Å². The zero-order chi connectivity index (χ0) is 14.8. The van der Waals surface area contributed by atoms with Gasteiger partial charge in [0.25, 0.3) is 0 Å². The highest BCUT2D eigenvalue weighted by Crippen LogP contribution is 2.32. The van der Waals surface area contributed by atoms with E-state index in [4.69, 9.17) is 14.2 Å². The second-order valence-electron chi connectivity index (χ2n) is 5.73. The number of ether oxygens (including phenoxy) is 3. The van der Waals surface area contributed by atoms with Gasteiger partial charge in [-0.05, 0) is 38.0 Å². The monoisotopic (exact) mass is 291 g/mol. The van der Waals surface area contributed by atoms with Crippen LogP contribution in [-0.4, -0.2) is 42.9 Å². The Morgan fingerprint density at radius 2 is 2.10 bits per heavy atom. The van der Waals surface area contributed by atoms with Gasteiger partial charge in [0.15, 0.2) is 11.5 Å². The summed E-state index contributed by atoms with van der Waals surface area (Å²) in [4.78, 5) is 14.3. The first-order valence-electron chi connectivity index (χ1n) is 7.43. The molecule has 1 aromatic carbocycles. The first kappa shape index (κ1) is 14.2. The summed E-state index contributed by atoms with van der Waals surface area (Å²) in [5, 5.41) is 0. The maximum atomic E-state index is 12.4. The summed E-state index contributed by atoms with van der Waals surface area (Å²) in [5.41, 5.74) is 1.10. The Hall–Kier alpha value is -1.75. The highest BCUT2D eigenvalue weighted by atomic mass is 16.7. The van der Waals surface area contributed by atoms with E-state index in [-0.39, 0.29) is 24.8 Å². The molecule has 0 radical (unpaired) electrons. The summed E-state index contributed by atoms with van der Waals surface area (Å²) < 4.78 is 16.2. The lowest BCUT2D eigenvalue weighted by atomic mass is 10.1. The van der Waals surface area contributed by atoms with Gasteiger partial charge in [-0.2, -0.15) is 0 Å². The van der Waals surface area contributed by atoms with E-state index in [1.54, 1.807) is 0 Å². The Morgan fingerprint density at radius 3 is 2.95 bits per heavy atom. The molecule has 0 unspecified atom stereocenters. The molecule has 1 amide bonds. The predicted octanol–water partition coefficient (Wildman–Crippen LogP) is 1.98. The molecule has 2 heterocycles. The average Bonchev–Trinajstić information content (AvgIpc) is 2.94. The molecule has 0 aromatic heterocycles. The Bertz CT molecular complexity index is 531. The van der Waals surface area contributed by atoms with Crippen molar-refractivity contribution in [2.24, 2.45) is 0 Å². The van der Waals surface area contributed by atoms with Crippen LogP contribution in [0.5, 0.6) is 11.5 Å². The summed E-state index contributed by atoms with van der Waals surface area (Å²) in [6.07, 6.45) is 1.35. The van der Waals surface area contributed by atoms with E-state index >= 15 is 0 Å². The molecule has 5 heteroatoms. The number of rotatable bonds is 3. The number of carbonyl (C=O) groups excluding carboxylic acids is 1. The van der Waals surface area contributed by atoms with Gasteiger partial charge in [0.05, 0.1) is 18.8 Å². The zero-order valence-corrected chi connectivity index (χ0v) is 12.5. The third-order valence-corrected chi connectivity index (χ3v) is 3.99. The fraction of sp³-hybridized carbons (Fsp3) is 0.562. The van der Waals surface area contributed by atoms with Crippen molar-refractivity contribution in [3.8, 4) is 11.5 Å². The molecule has 2 atom stereocenters. The molecule has 1 saturated heterocycles. The number of benzene rings is 1. The highest BCUT2D eigenvalue weighted by molar-refractivity contribution is 5.77. The average molecular weight is 291 g/mol. The minimum absolute atomic E-state index is 0.121. The molecule has 2 aliphatic heterocycles. The lowest BCUT2D eigenvalue weighted by molar-refractivity contribution is -0.143. The summed E-state index contributed by atoms with van der Waals surface area (Å²) in [5.74, 6) is 1.74. The Morgan fingerprint density at radius 1 is 1.29 bits per heavy atom. The van der Waals surface area contributed by atoms with Gasteiger partial charge >= 0.3 is 0 Å². The number of morpholine rings is 1. The molecule has 3 rings (SSSR count). The van der Waals surface area contributed by atoms with Gasteiger partial charge in [-0.3, -0.25) is 4.79 Å². The third-order valence-electron chi connectivity index (χ3n) is 3.99. The van der Waals surface area contributed by atoms with Gasteiger partial charge in [-0.15, -0.1) is 0 Å². The van der Waals surface area contributed by atoms with Gasteiger partial charge < -0.3 is 19.1 Å². The molecule has 114 valence electrons. The fourth-order valence-electron chi connectivity index (χ4n) is 2.74. The molecular weight excluding hydrogens is 270 g/mol. The molecule has 0 saturated carbocycles. The maximum absolute atomic E-state index is 12.4. The number of nitrogens with zero attached hydrogens (tertiary/aromatic N) is 1. The quantitative estimate of drug-likeness (QED) is 0.854. The zero-order valence-electron chi connectivity index (χ0n) is 12.5. The van der Waals surface area contributed by atoms with E-state index in [1.165, 1.54) is 0 Å². The Balaban J connectivity index is 1.58. The molecule has 0 aliphatic carbocycles. The molecule has 2 aliphatic rings. The Labute approximate surface area is 124 Å². The van der Waals surface area contributed by atoms with E-state index < -0.39 is 0 Å². The van der Waals surface area contributed by atoms with Crippen molar-refractivity contribution in [3.63, 3.8) is 0 Å². The number of carbonyl (C=O) groups is 1. The third kappa shape index (κ3) is 3.13. The van der Waals surface area contributed by atoms with Crippen molar-refractivity contribution in [3.05, 3.63) is 23.8 Å². The van der Waals surface area contributed by atoms with Crippen LogP contribution < -0.4 is 9.47 Å². The van der Waals surface area contributed by atoms with Gasteiger partial charge in [0, 0.05) is 13.0 Å². The number of amides is 1. The van der Waals surface area contributed by atoms with Crippen LogP contribution >= 0.6 is 0 Å². The summed E-state index contributed by atoms with van der Waals surface area (Å²) in [7, 11) is 0. The van der Waals surface area contributed by atoms with Crippen molar-refractivity contribution >= 4 is 5.91 Å². The molecule has 0 N–H and O–H groups in total. The number of hydrogen-bond acceptors (Lipinski definition) is 4. The van der Waals surface area contributed by atoms with Gasteiger partial charge in [-0.25, -0.2) is 0 Å². The van der Waals surface area contributed by atoms with Crippen LogP contribution in [0.2, 0.25) is 0 Å². The molecule has 21 heavy (non-hydrogen) atoms. The van der Waals surface area contributed by atoms with E-state index in [2.05, 4.69) is 0 Å². The molecule has 0 bridgehead atoms. The number of hydrogen-bond donors (Lipinski definition) is 0. The topological polar surface area (TPSA) is 48.0 Å². The van der Waals surface area contributed by atoms with Crippen molar-refractivity contribution < 1.29 is 19.0 Å². The van der Waals surface area contributed by atoms with Gasteiger partial charge in [0.1, 0.15) is 0 Å². The second kappa shape index (κ2) is 5.93. The van der Waals surface area contributed by atoms with Crippen molar-refractivity contribution in [1.82, 2.24) is 4.90 Å². The molecule has 5 nitrogen and oxygen atoms in total. The molecule has 1 fully saturated rings. The van der Waals surface area contributed by atoms with E-state index in [0.29, 0.717) is 26.0 Å². The molecular formula is C16H21NO4. The smallest absolute Gasteiger partial charge is 0.231 e. The standard InChI is InChI=1S/C16H21NO4/c1-11-9-19-12(2)8-17(11)16(18)6-4-13-3-5-14-15(7-13)21-10-20-14/h3,5,7,11-12H,4,6,8-10H2,1-2H3/t11-,12+/m1/s1. The highest BCUT2D eigenvalue weighted by Gasteiger charge is 2.27. The van der Waals surface area contributed by atoms with Crippen LogP contribution in [0.25, 0.3) is 0 Å². The summed E-state index contributed by atoms with van der Waals surface area (Å²) in [6, 6.07) is 6.01. The first-order chi connectivity index (χ1) is 10.1. The van der Waals surface area contributed by atoms with Gasteiger partial charge in [0.2, 0.25) is 12.7 Å². The van der Waals surface area contributed by atoms with Crippen LogP contribution in [0.4, 0.5) is 0 Å². The van der Waals surface area contributed by atoms with E-state index in [9.17, 15) is 4.79 Å². The van der Waals surface area contributed by atoms with E-state index in [1.807, 2.05) is 36.9 Å². The number of fused-ring (bicyclic) bond motifs is 1. The summed E-state index contributed by atoms with van der Waals surface area (Å²) >= 11 is 0. The predicted molar refractivity (Wildman–Crippen MR) is 77.5 cm³/mol. The second-order valence-corrected chi connectivity index (χ2v) is 5.73. The van der Waals surface area contributed by atoms with Crippen LogP contribution in [-0.2, 0) is 16.0 Å². The Kier molecular flexibility index (Phi) is 4.01. The first-order valence-corrected chi connectivity index (χ1v) is 7.43. The minimum Gasteiger partial charge on any atom is -0.454 e. The minimum atomic E-state index is 0.121. The number of aryl methyl sites for hydroxylation is 1. The molecule has 1 aromatic rings. The van der Waals surface area contributed by atoms with Crippen LogP contribution in [0, 0.1) is 0 Å². The van der Waals surface area contributed by atoms with Crippen molar-refractivity contribution in [2.45, 2.75) is 38.8 Å². The van der Waals surface area contributed by atoms with Crippen molar-refractivity contribution in [2.75, 3.05) is 19.9 Å². The molecule has 0 spiro atoms. The van der Waals surface area contributed by atoms with Crippen molar-refractivity contribution in [1.29, 1.82) is 0 Å². The van der Waals surface area contributed by atoms with Crippen LogP contribution in [0.3, 0.4) is 0 Å². The maximum Gasteiger partial charge on any atom is 0.231 e. The largest absolute Gasteiger partial charge is 0.454 e. The SMILES string of the molecule is C[C@@H]1CO[C@@H](C)CN1C(=O)CCc1ccc2c(c1)OCO2. The lowest BCUT2D eigenvalue weighted by Gasteiger charge is -2.36. The van der Waals surface area contributed by atoms with Crippen LogP contribution in [0.15, 0.2) is 18.2 Å². The van der Waals surface area contributed by atoms with E-state index in [0.717, 1.165) is 17.1 Å².